The average Bonchev–Trinajstić information content (AvgIpc) is 3.23. The molecule has 0 radical (unpaired) electrons. The van der Waals surface area contributed by atoms with Gasteiger partial charge in [0, 0.05) is 0 Å². The minimum Gasteiger partial charge on any atom is -0.384 e. The summed E-state index contributed by atoms with van der Waals surface area (Å²) >= 11 is 1.17. The van der Waals surface area contributed by atoms with Gasteiger partial charge in [-0.05, 0) is 34.7 Å². The van der Waals surface area contributed by atoms with Gasteiger partial charge in [0.1, 0.15) is 5.84 Å². The van der Waals surface area contributed by atoms with Gasteiger partial charge in [0.15, 0.2) is 5.25 Å². The minimum atomic E-state index is -0.673. The van der Waals surface area contributed by atoms with Crippen LogP contribution in [0.25, 0.3) is 5.69 Å². The largest absolute Gasteiger partial charge is 0.384 e. The van der Waals surface area contributed by atoms with E-state index >= 15 is 0 Å². The van der Waals surface area contributed by atoms with E-state index in [0.717, 1.165) is 5.69 Å². The van der Waals surface area contributed by atoms with Crippen molar-refractivity contribution in [3.63, 3.8) is 0 Å². The third-order valence-electron chi connectivity index (χ3n) is 3.58. The molecule has 25 heavy (non-hydrogen) atoms. The number of hydrazone groups is 1. The number of amides is 1. The van der Waals surface area contributed by atoms with Gasteiger partial charge >= 0.3 is 0 Å². The van der Waals surface area contributed by atoms with Gasteiger partial charge in [0.05, 0.1) is 11.4 Å². The van der Waals surface area contributed by atoms with Gasteiger partial charge in [0.2, 0.25) is 5.16 Å². The summed E-state index contributed by atoms with van der Waals surface area (Å²) in [5, 5.41) is 17.0. The standard InChI is InChI=1S/C16H13N7OS/c17-14-13(15(24)22(19-14)11-7-3-1-4-8-11)25-16-18-20-21-23(16)12-9-5-2-6-10-12/h1-10,13H,(H2,17,19). The van der Waals surface area contributed by atoms with Crippen LogP contribution in [0.15, 0.2) is 70.9 Å². The van der Waals surface area contributed by atoms with Crippen LogP contribution >= 0.6 is 11.8 Å². The molecule has 1 aromatic heterocycles. The first-order valence-electron chi connectivity index (χ1n) is 7.47. The first-order valence-corrected chi connectivity index (χ1v) is 8.35. The number of carbonyl (C=O) groups is 1. The Kier molecular flexibility index (Phi) is 3.90. The van der Waals surface area contributed by atoms with E-state index in [0.29, 0.717) is 10.8 Å². The Morgan fingerprint density at radius 1 is 0.960 bits per heavy atom. The Bertz CT molecular complexity index is 926. The maximum Gasteiger partial charge on any atom is 0.268 e. The van der Waals surface area contributed by atoms with Crippen LogP contribution in [0.2, 0.25) is 0 Å². The van der Waals surface area contributed by atoms with Crippen LogP contribution in [0.5, 0.6) is 0 Å². The van der Waals surface area contributed by atoms with Crippen molar-refractivity contribution in [1.29, 1.82) is 0 Å². The van der Waals surface area contributed by atoms with Crippen molar-refractivity contribution in [2.24, 2.45) is 10.8 Å². The van der Waals surface area contributed by atoms with Crippen molar-refractivity contribution in [1.82, 2.24) is 20.2 Å². The number of rotatable bonds is 4. The van der Waals surface area contributed by atoms with Crippen LogP contribution in [0.1, 0.15) is 0 Å². The molecule has 1 amide bonds. The fourth-order valence-electron chi connectivity index (χ4n) is 2.41. The zero-order chi connectivity index (χ0) is 17.2. The van der Waals surface area contributed by atoms with E-state index in [1.54, 1.807) is 16.8 Å². The minimum absolute atomic E-state index is 0.224. The molecule has 0 bridgehead atoms. The lowest BCUT2D eigenvalue weighted by Crippen LogP contribution is -2.32. The molecule has 8 nitrogen and oxygen atoms in total. The van der Waals surface area contributed by atoms with Crippen LogP contribution in [0.3, 0.4) is 0 Å². The highest BCUT2D eigenvalue weighted by molar-refractivity contribution is 8.01. The summed E-state index contributed by atoms with van der Waals surface area (Å²) in [6.07, 6.45) is 0. The molecule has 9 heteroatoms. The van der Waals surface area contributed by atoms with Crippen molar-refractivity contribution in [3.05, 3.63) is 60.7 Å². The zero-order valence-corrected chi connectivity index (χ0v) is 13.7. The number of nitrogens with two attached hydrogens (primary N) is 1. The highest BCUT2D eigenvalue weighted by Crippen LogP contribution is 2.30. The SMILES string of the molecule is NC1=NN(c2ccccc2)C(=O)C1Sc1nnnn1-c1ccccc1. The third kappa shape index (κ3) is 2.85. The Balaban J connectivity index is 1.60. The predicted octanol–water partition coefficient (Wildman–Crippen LogP) is 1.44. The van der Waals surface area contributed by atoms with Gasteiger partial charge in [-0.3, -0.25) is 4.79 Å². The molecular formula is C16H13N7OS. The summed E-state index contributed by atoms with van der Waals surface area (Å²) < 4.78 is 1.57. The van der Waals surface area contributed by atoms with Crippen LogP contribution in [0, 0.1) is 0 Å². The molecule has 0 aliphatic carbocycles. The number of anilines is 1. The highest BCUT2D eigenvalue weighted by Gasteiger charge is 2.37. The molecule has 1 aliphatic heterocycles. The molecule has 3 aromatic rings. The molecule has 1 aliphatic rings. The quantitative estimate of drug-likeness (QED) is 0.763. The molecule has 0 saturated heterocycles. The van der Waals surface area contributed by atoms with Gasteiger partial charge in [-0.2, -0.15) is 14.8 Å². The first-order chi connectivity index (χ1) is 12.2. The van der Waals surface area contributed by atoms with E-state index in [2.05, 4.69) is 20.6 Å². The van der Waals surface area contributed by atoms with E-state index in [4.69, 9.17) is 5.73 Å². The lowest BCUT2D eigenvalue weighted by Gasteiger charge is -2.13. The number of hydrogen-bond acceptors (Lipinski definition) is 7. The number of para-hydroxylation sites is 2. The van der Waals surface area contributed by atoms with Gasteiger partial charge < -0.3 is 5.73 Å². The zero-order valence-electron chi connectivity index (χ0n) is 12.9. The number of tetrazole rings is 1. The number of aromatic nitrogens is 4. The fourth-order valence-corrected chi connectivity index (χ4v) is 3.31. The summed E-state index contributed by atoms with van der Waals surface area (Å²) in [7, 11) is 0. The molecular weight excluding hydrogens is 338 g/mol. The number of thioether (sulfide) groups is 1. The molecule has 4 rings (SSSR count). The number of amidine groups is 1. The van der Waals surface area contributed by atoms with Crippen LogP contribution in [0.4, 0.5) is 5.69 Å². The van der Waals surface area contributed by atoms with E-state index in [-0.39, 0.29) is 11.7 Å². The molecule has 1 atom stereocenters. The smallest absolute Gasteiger partial charge is 0.268 e. The van der Waals surface area contributed by atoms with Crippen molar-refractivity contribution < 1.29 is 4.79 Å². The predicted molar refractivity (Wildman–Crippen MR) is 94.3 cm³/mol. The number of benzene rings is 2. The molecule has 1 unspecified atom stereocenters. The molecule has 0 spiro atoms. The van der Waals surface area contributed by atoms with Gasteiger partial charge in [0.25, 0.3) is 5.91 Å². The lowest BCUT2D eigenvalue weighted by molar-refractivity contribution is -0.116. The summed E-state index contributed by atoms with van der Waals surface area (Å²) in [4.78, 5) is 12.7. The second-order valence-electron chi connectivity index (χ2n) is 5.22. The normalized spacial score (nSPS) is 17.0. The Hall–Kier alpha value is -3.20. The summed E-state index contributed by atoms with van der Waals surface area (Å²) in [5.74, 6) is -0.00206. The summed E-state index contributed by atoms with van der Waals surface area (Å²) in [5.41, 5.74) is 7.46. The molecule has 2 aromatic carbocycles. The van der Waals surface area contributed by atoms with Gasteiger partial charge in [-0.1, -0.05) is 48.2 Å². The summed E-state index contributed by atoms with van der Waals surface area (Å²) in [6.45, 7) is 0. The van der Waals surface area contributed by atoms with E-state index in [1.165, 1.54) is 16.8 Å². The lowest BCUT2D eigenvalue weighted by atomic mass is 10.3. The third-order valence-corrected chi connectivity index (χ3v) is 4.73. The Morgan fingerprint density at radius 2 is 1.60 bits per heavy atom. The molecule has 0 fully saturated rings. The Labute approximate surface area is 147 Å². The number of hydrogen-bond donors (Lipinski definition) is 1. The van der Waals surface area contributed by atoms with Gasteiger partial charge in [-0.25, -0.2) is 0 Å². The molecule has 124 valence electrons. The monoisotopic (exact) mass is 351 g/mol. The van der Waals surface area contributed by atoms with E-state index in [1.807, 2.05) is 48.5 Å². The summed E-state index contributed by atoms with van der Waals surface area (Å²) in [6, 6.07) is 18.6. The second kappa shape index (κ2) is 6.36. The average molecular weight is 351 g/mol. The van der Waals surface area contributed by atoms with Crippen molar-refractivity contribution in [2.75, 3.05) is 5.01 Å². The van der Waals surface area contributed by atoms with Crippen molar-refractivity contribution in [2.45, 2.75) is 10.4 Å². The van der Waals surface area contributed by atoms with E-state index in [9.17, 15) is 4.79 Å². The molecule has 0 saturated carbocycles. The maximum atomic E-state index is 12.7. The van der Waals surface area contributed by atoms with E-state index < -0.39 is 5.25 Å². The molecule has 2 heterocycles. The fraction of sp³-hybridized carbons (Fsp3) is 0.0625. The topological polar surface area (TPSA) is 102 Å². The highest BCUT2D eigenvalue weighted by atomic mass is 32.2. The van der Waals surface area contributed by atoms with Crippen molar-refractivity contribution >= 4 is 29.2 Å². The number of nitrogens with zero attached hydrogens (tertiary/aromatic N) is 6. The van der Waals surface area contributed by atoms with Gasteiger partial charge in [-0.15, -0.1) is 5.10 Å². The number of carbonyl (C=O) groups excluding carboxylic acids is 1. The second-order valence-corrected chi connectivity index (χ2v) is 6.29. The Morgan fingerprint density at radius 3 is 2.28 bits per heavy atom. The molecule has 2 N–H and O–H groups in total. The van der Waals surface area contributed by atoms with Crippen LogP contribution < -0.4 is 10.7 Å². The maximum absolute atomic E-state index is 12.7. The van der Waals surface area contributed by atoms with Crippen LogP contribution in [-0.2, 0) is 4.79 Å². The van der Waals surface area contributed by atoms with Crippen LogP contribution in [-0.4, -0.2) is 37.2 Å². The first kappa shape index (κ1) is 15.3. The van der Waals surface area contributed by atoms with Crippen molar-refractivity contribution in [3.8, 4) is 5.69 Å².